The normalized spacial score (nSPS) is 10.8. The first-order valence-electron chi connectivity index (χ1n) is 8.71. The van der Waals surface area contributed by atoms with Crippen molar-refractivity contribution in [2.75, 3.05) is 19.9 Å². The van der Waals surface area contributed by atoms with Gasteiger partial charge in [-0.25, -0.2) is 4.39 Å². The molecular formula is C20H19ClFN3O3S. The number of hydrogen-bond donors (Lipinski definition) is 0. The fraction of sp³-hybridized carbons (Fsp3) is 0.250. The first kappa shape index (κ1) is 21.1. The average molecular weight is 436 g/mol. The summed E-state index contributed by atoms with van der Waals surface area (Å²) in [6.07, 6.45) is 0.483. The van der Waals surface area contributed by atoms with Gasteiger partial charge in [-0.3, -0.25) is 4.79 Å². The van der Waals surface area contributed by atoms with E-state index in [-0.39, 0.29) is 28.8 Å². The third kappa shape index (κ3) is 5.71. The summed E-state index contributed by atoms with van der Waals surface area (Å²) in [5.41, 5.74) is 1.29. The van der Waals surface area contributed by atoms with Crippen molar-refractivity contribution in [2.24, 2.45) is 0 Å². The van der Waals surface area contributed by atoms with Crippen molar-refractivity contribution >= 4 is 29.3 Å². The Morgan fingerprint density at radius 3 is 2.69 bits per heavy atom. The molecule has 9 heteroatoms. The Morgan fingerprint density at radius 2 is 2.00 bits per heavy atom. The highest BCUT2D eigenvalue weighted by molar-refractivity contribution is 7.99. The molecule has 0 atom stereocenters. The van der Waals surface area contributed by atoms with Crippen LogP contribution < -0.4 is 4.74 Å². The van der Waals surface area contributed by atoms with Gasteiger partial charge in [0.05, 0.1) is 19.3 Å². The van der Waals surface area contributed by atoms with Crippen molar-refractivity contribution in [3.8, 4) is 5.75 Å². The molecule has 0 radical (unpaired) electrons. The van der Waals surface area contributed by atoms with Gasteiger partial charge >= 0.3 is 0 Å². The largest absolute Gasteiger partial charge is 0.497 e. The molecule has 1 heterocycles. The number of amides is 1. The van der Waals surface area contributed by atoms with Gasteiger partial charge in [-0.15, -0.1) is 10.2 Å². The molecule has 1 aromatic heterocycles. The topological polar surface area (TPSA) is 68.5 Å². The highest BCUT2D eigenvalue weighted by Crippen LogP contribution is 2.22. The molecule has 0 fully saturated rings. The SMILES string of the molecule is COc1ccc(Cc2nnc(SCC(=O)N(C)Cc3c(F)cccc3Cl)o2)cc1. The average Bonchev–Trinajstić information content (AvgIpc) is 3.16. The van der Waals surface area contributed by atoms with Crippen LogP contribution in [-0.2, 0) is 17.8 Å². The molecule has 0 saturated heterocycles. The van der Waals surface area contributed by atoms with Gasteiger partial charge in [-0.2, -0.15) is 0 Å². The van der Waals surface area contributed by atoms with E-state index in [1.165, 1.54) is 17.0 Å². The molecule has 3 aromatic rings. The minimum atomic E-state index is -0.440. The number of aromatic nitrogens is 2. The summed E-state index contributed by atoms with van der Waals surface area (Å²) in [6.45, 7) is 0.0808. The first-order valence-corrected chi connectivity index (χ1v) is 10.1. The van der Waals surface area contributed by atoms with Crippen LogP contribution in [0.5, 0.6) is 5.75 Å². The van der Waals surface area contributed by atoms with E-state index in [9.17, 15) is 9.18 Å². The van der Waals surface area contributed by atoms with E-state index in [4.69, 9.17) is 20.8 Å². The maximum absolute atomic E-state index is 13.9. The Bertz CT molecular complexity index is 961. The predicted molar refractivity (Wildman–Crippen MR) is 109 cm³/mol. The number of thioether (sulfide) groups is 1. The van der Waals surface area contributed by atoms with Crippen LogP contribution in [0, 0.1) is 5.82 Å². The molecule has 3 rings (SSSR count). The summed E-state index contributed by atoms with van der Waals surface area (Å²) in [5, 5.41) is 8.56. The minimum Gasteiger partial charge on any atom is -0.497 e. The fourth-order valence-corrected chi connectivity index (χ4v) is 3.47. The number of carbonyl (C=O) groups excluding carboxylic acids is 1. The molecule has 29 heavy (non-hydrogen) atoms. The summed E-state index contributed by atoms with van der Waals surface area (Å²) in [6, 6.07) is 12.0. The summed E-state index contributed by atoms with van der Waals surface area (Å²) in [7, 11) is 3.20. The van der Waals surface area contributed by atoms with Crippen molar-refractivity contribution in [3.05, 3.63) is 70.3 Å². The fourth-order valence-electron chi connectivity index (χ4n) is 2.53. The molecule has 0 spiro atoms. The number of benzene rings is 2. The maximum Gasteiger partial charge on any atom is 0.277 e. The van der Waals surface area contributed by atoms with E-state index in [0.29, 0.717) is 17.5 Å². The van der Waals surface area contributed by atoms with E-state index in [0.717, 1.165) is 23.1 Å². The van der Waals surface area contributed by atoms with Crippen LogP contribution in [0.1, 0.15) is 17.0 Å². The highest BCUT2D eigenvalue weighted by Gasteiger charge is 2.16. The molecule has 0 saturated carbocycles. The van der Waals surface area contributed by atoms with Crippen molar-refractivity contribution < 1.29 is 18.3 Å². The summed E-state index contributed by atoms with van der Waals surface area (Å²) >= 11 is 7.15. The van der Waals surface area contributed by atoms with Gasteiger partial charge in [0.2, 0.25) is 11.8 Å². The van der Waals surface area contributed by atoms with Crippen LogP contribution in [0.15, 0.2) is 52.1 Å². The zero-order chi connectivity index (χ0) is 20.8. The van der Waals surface area contributed by atoms with Crippen LogP contribution in [-0.4, -0.2) is 40.9 Å². The van der Waals surface area contributed by atoms with Gasteiger partial charge in [-0.1, -0.05) is 41.6 Å². The lowest BCUT2D eigenvalue weighted by Crippen LogP contribution is -2.28. The second kappa shape index (κ2) is 9.76. The molecular weight excluding hydrogens is 417 g/mol. The lowest BCUT2D eigenvalue weighted by molar-refractivity contribution is -0.127. The molecule has 152 valence electrons. The van der Waals surface area contributed by atoms with E-state index in [2.05, 4.69) is 10.2 Å². The number of hydrogen-bond acceptors (Lipinski definition) is 6. The van der Waals surface area contributed by atoms with Crippen molar-refractivity contribution in [2.45, 2.75) is 18.2 Å². The van der Waals surface area contributed by atoms with Crippen LogP contribution >= 0.6 is 23.4 Å². The minimum absolute atomic E-state index is 0.0808. The van der Waals surface area contributed by atoms with E-state index < -0.39 is 5.82 Å². The highest BCUT2D eigenvalue weighted by atomic mass is 35.5. The quantitative estimate of drug-likeness (QED) is 0.494. The Hall–Kier alpha value is -2.58. The van der Waals surface area contributed by atoms with Gasteiger partial charge < -0.3 is 14.1 Å². The Balaban J connectivity index is 1.52. The number of rotatable bonds is 8. The maximum atomic E-state index is 13.9. The molecule has 0 unspecified atom stereocenters. The molecule has 6 nitrogen and oxygen atoms in total. The van der Waals surface area contributed by atoms with Crippen molar-refractivity contribution in [1.29, 1.82) is 0 Å². The zero-order valence-corrected chi connectivity index (χ0v) is 17.5. The van der Waals surface area contributed by atoms with Crippen molar-refractivity contribution in [1.82, 2.24) is 15.1 Å². The molecule has 0 N–H and O–H groups in total. The number of ether oxygens (including phenoxy) is 1. The summed E-state index contributed by atoms with van der Waals surface area (Å²) in [5.74, 6) is 0.674. The second-order valence-corrected chi connectivity index (χ2v) is 7.56. The van der Waals surface area contributed by atoms with Crippen LogP contribution in [0.25, 0.3) is 0 Å². The standard InChI is InChI=1S/C20H19ClFN3O3S/c1-25(11-15-16(21)4-3-5-17(15)22)19(26)12-29-20-24-23-18(28-20)10-13-6-8-14(27-2)9-7-13/h3-9H,10-12H2,1-2H3. The van der Waals surface area contributed by atoms with Gasteiger partial charge in [-0.05, 0) is 29.8 Å². The number of methoxy groups -OCH3 is 1. The van der Waals surface area contributed by atoms with Gasteiger partial charge in [0.25, 0.3) is 5.22 Å². The Kier molecular flexibility index (Phi) is 7.11. The Labute approximate surface area is 177 Å². The molecule has 0 aliphatic carbocycles. The van der Waals surface area contributed by atoms with E-state index in [1.807, 2.05) is 24.3 Å². The summed E-state index contributed by atoms with van der Waals surface area (Å²) in [4.78, 5) is 13.7. The number of nitrogens with zero attached hydrogens (tertiary/aromatic N) is 3. The van der Waals surface area contributed by atoms with E-state index in [1.54, 1.807) is 20.2 Å². The lowest BCUT2D eigenvalue weighted by atomic mass is 10.1. The molecule has 0 aliphatic heterocycles. The van der Waals surface area contributed by atoms with Crippen molar-refractivity contribution in [3.63, 3.8) is 0 Å². The molecule has 2 aromatic carbocycles. The molecule has 0 bridgehead atoms. The van der Waals surface area contributed by atoms with Crippen LogP contribution in [0.3, 0.4) is 0 Å². The second-order valence-electron chi connectivity index (χ2n) is 6.23. The van der Waals surface area contributed by atoms with E-state index >= 15 is 0 Å². The van der Waals surface area contributed by atoms with Gasteiger partial charge in [0.15, 0.2) is 0 Å². The van der Waals surface area contributed by atoms with Gasteiger partial charge in [0, 0.05) is 24.2 Å². The molecule has 0 aliphatic rings. The monoisotopic (exact) mass is 435 g/mol. The van der Waals surface area contributed by atoms with Crippen LogP contribution in [0.4, 0.5) is 4.39 Å². The lowest BCUT2D eigenvalue weighted by Gasteiger charge is -2.17. The number of carbonyl (C=O) groups is 1. The third-order valence-corrected chi connectivity index (χ3v) is 5.32. The van der Waals surface area contributed by atoms with Crippen LogP contribution in [0.2, 0.25) is 5.02 Å². The number of halogens is 2. The first-order chi connectivity index (χ1) is 14.0. The van der Waals surface area contributed by atoms with Gasteiger partial charge in [0.1, 0.15) is 11.6 Å². The molecule has 1 amide bonds. The smallest absolute Gasteiger partial charge is 0.277 e. The summed E-state index contributed by atoms with van der Waals surface area (Å²) < 4.78 is 24.6. The predicted octanol–water partition coefficient (Wildman–Crippen LogP) is 4.21. The zero-order valence-electron chi connectivity index (χ0n) is 15.9. The third-order valence-electron chi connectivity index (χ3n) is 4.16. The Morgan fingerprint density at radius 1 is 1.24 bits per heavy atom.